The van der Waals surface area contributed by atoms with Gasteiger partial charge in [0.2, 0.25) is 0 Å². The predicted molar refractivity (Wildman–Crippen MR) is 92.2 cm³/mol. The predicted octanol–water partition coefficient (Wildman–Crippen LogP) is 5.09. The normalized spacial score (nSPS) is 10.5. The highest BCUT2D eigenvalue weighted by atomic mass is 16.5. The first-order chi connectivity index (χ1) is 11.2. The molecule has 0 atom stereocenters. The van der Waals surface area contributed by atoms with Gasteiger partial charge in [0, 0.05) is 6.07 Å². The maximum absolute atomic E-state index is 11.5. The Balaban J connectivity index is 2.16. The van der Waals surface area contributed by atoms with E-state index in [1.807, 2.05) is 0 Å². The third kappa shape index (κ3) is 8.48. The van der Waals surface area contributed by atoms with Gasteiger partial charge in [0.25, 0.3) is 0 Å². The maximum atomic E-state index is 11.5. The average Bonchev–Trinajstić information content (AvgIpc) is 2.55. The molecule has 0 saturated carbocycles. The van der Waals surface area contributed by atoms with Crippen molar-refractivity contribution in [1.82, 2.24) is 0 Å². The SMILES string of the molecule is CCCCCCCCCCCOc1cc(O)cc(C(=O)OC)c1. The molecule has 1 aromatic rings. The van der Waals surface area contributed by atoms with Crippen LogP contribution in [-0.4, -0.2) is 24.8 Å². The third-order valence-corrected chi connectivity index (χ3v) is 3.83. The van der Waals surface area contributed by atoms with E-state index in [1.165, 1.54) is 64.2 Å². The lowest BCUT2D eigenvalue weighted by atomic mass is 10.1. The minimum absolute atomic E-state index is 0.00924. The number of phenols is 1. The zero-order chi connectivity index (χ0) is 16.9. The Hall–Kier alpha value is -1.71. The van der Waals surface area contributed by atoms with Gasteiger partial charge in [-0.1, -0.05) is 58.3 Å². The van der Waals surface area contributed by atoms with Crippen LogP contribution in [0, 0.1) is 0 Å². The van der Waals surface area contributed by atoms with Crippen molar-refractivity contribution in [3.8, 4) is 11.5 Å². The van der Waals surface area contributed by atoms with Gasteiger partial charge in [-0.25, -0.2) is 4.79 Å². The number of ether oxygens (including phenoxy) is 2. The number of unbranched alkanes of at least 4 members (excludes halogenated alkanes) is 8. The number of carbonyl (C=O) groups is 1. The first kappa shape index (κ1) is 19.3. The molecular formula is C19H30O4. The van der Waals surface area contributed by atoms with Crippen molar-refractivity contribution < 1.29 is 19.4 Å². The van der Waals surface area contributed by atoms with Crippen LogP contribution in [-0.2, 0) is 4.74 Å². The molecule has 23 heavy (non-hydrogen) atoms. The van der Waals surface area contributed by atoms with Crippen molar-refractivity contribution >= 4 is 5.97 Å². The molecule has 0 saturated heterocycles. The summed E-state index contributed by atoms with van der Waals surface area (Å²) >= 11 is 0. The molecule has 4 heteroatoms. The van der Waals surface area contributed by atoms with Crippen molar-refractivity contribution in [2.75, 3.05) is 13.7 Å². The standard InChI is InChI=1S/C19H30O4/c1-3-4-5-6-7-8-9-10-11-12-23-18-14-16(19(21)22-2)13-17(20)15-18/h13-15,20H,3-12H2,1-2H3. The molecule has 1 rings (SSSR count). The highest BCUT2D eigenvalue weighted by Crippen LogP contribution is 2.22. The fraction of sp³-hybridized carbons (Fsp3) is 0.632. The molecule has 0 fully saturated rings. The third-order valence-electron chi connectivity index (χ3n) is 3.83. The number of phenolic OH excluding ortho intramolecular Hbond substituents is 1. The van der Waals surface area contributed by atoms with Crippen LogP contribution in [0.25, 0.3) is 0 Å². The molecule has 0 aliphatic heterocycles. The second kappa shape index (κ2) is 11.8. The quantitative estimate of drug-likeness (QED) is 0.430. The Bertz CT molecular complexity index is 457. The van der Waals surface area contributed by atoms with E-state index in [4.69, 9.17) is 4.74 Å². The van der Waals surface area contributed by atoms with Crippen LogP contribution < -0.4 is 4.74 Å². The number of aromatic hydroxyl groups is 1. The molecule has 0 spiro atoms. The highest BCUT2D eigenvalue weighted by Gasteiger charge is 2.09. The molecule has 0 unspecified atom stereocenters. The van der Waals surface area contributed by atoms with E-state index in [1.54, 1.807) is 6.07 Å². The van der Waals surface area contributed by atoms with Crippen LogP contribution in [0.1, 0.15) is 75.1 Å². The molecule has 0 bridgehead atoms. The summed E-state index contributed by atoms with van der Waals surface area (Å²) < 4.78 is 10.3. The van der Waals surface area contributed by atoms with Crippen molar-refractivity contribution in [1.29, 1.82) is 0 Å². The molecule has 0 amide bonds. The Morgan fingerprint density at radius 3 is 2.17 bits per heavy atom. The number of carbonyl (C=O) groups excluding carboxylic acids is 1. The summed E-state index contributed by atoms with van der Waals surface area (Å²) in [7, 11) is 1.31. The smallest absolute Gasteiger partial charge is 0.338 e. The first-order valence-electron chi connectivity index (χ1n) is 8.72. The molecular weight excluding hydrogens is 292 g/mol. The summed E-state index contributed by atoms with van der Waals surface area (Å²) in [4.78, 5) is 11.5. The number of rotatable bonds is 12. The van der Waals surface area contributed by atoms with Crippen molar-refractivity contribution in [2.45, 2.75) is 64.7 Å². The summed E-state index contributed by atoms with van der Waals surface area (Å²) in [5.74, 6) is 0.0359. The summed E-state index contributed by atoms with van der Waals surface area (Å²) in [6, 6.07) is 4.48. The van der Waals surface area contributed by atoms with E-state index < -0.39 is 5.97 Å². The lowest BCUT2D eigenvalue weighted by Gasteiger charge is -2.08. The topological polar surface area (TPSA) is 55.8 Å². The van der Waals surface area contributed by atoms with E-state index in [-0.39, 0.29) is 5.75 Å². The Labute approximate surface area is 139 Å². The van der Waals surface area contributed by atoms with Gasteiger partial charge < -0.3 is 14.6 Å². The van der Waals surface area contributed by atoms with Gasteiger partial charge in [0.1, 0.15) is 11.5 Å². The largest absolute Gasteiger partial charge is 0.508 e. The number of methoxy groups -OCH3 is 1. The molecule has 4 nitrogen and oxygen atoms in total. The monoisotopic (exact) mass is 322 g/mol. The molecule has 0 heterocycles. The first-order valence-corrected chi connectivity index (χ1v) is 8.72. The van der Waals surface area contributed by atoms with E-state index >= 15 is 0 Å². The Kier molecular flexibility index (Phi) is 9.92. The minimum Gasteiger partial charge on any atom is -0.508 e. The van der Waals surface area contributed by atoms with Crippen molar-refractivity contribution in [2.24, 2.45) is 0 Å². The Morgan fingerprint density at radius 2 is 1.57 bits per heavy atom. The zero-order valence-corrected chi connectivity index (χ0v) is 14.5. The van der Waals surface area contributed by atoms with Crippen LogP contribution in [0.3, 0.4) is 0 Å². The highest BCUT2D eigenvalue weighted by molar-refractivity contribution is 5.90. The molecule has 130 valence electrons. The molecule has 1 aromatic carbocycles. The summed E-state index contributed by atoms with van der Waals surface area (Å²) in [6.07, 6.45) is 11.4. The van der Waals surface area contributed by atoms with Crippen LogP contribution in [0.15, 0.2) is 18.2 Å². The van der Waals surface area contributed by atoms with Gasteiger partial charge in [-0.15, -0.1) is 0 Å². The van der Waals surface area contributed by atoms with Gasteiger partial charge in [-0.2, -0.15) is 0 Å². The van der Waals surface area contributed by atoms with E-state index in [0.717, 1.165) is 12.8 Å². The fourth-order valence-corrected chi connectivity index (χ4v) is 2.51. The van der Waals surface area contributed by atoms with Crippen LogP contribution in [0.4, 0.5) is 0 Å². The zero-order valence-electron chi connectivity index (χ0n) is 14.5. The summed E-state index contributed by atoms with van der Waals surface area (Å²) in [5.41, 5.74) is 0.301. The molecule has 0 aliphatic rings. The van der Waals surface area contributed by atoms with Crippen LogP contribution >= 0.6 is 0 Å². The van der Waals surface area contributed by atoms with Crippen molar-refractivity contribution in [3.63, 3.8) is 0 Å². The number of hydrogen-bond acceptors (Lipinski definition) is 4. The molecule has 1 N–H and O–H groups in total. The van der Waals surface area contributed by atoms with Gasteiger partial charge in [-0.3, -0.25) is 0 Å². The Morgan fingerprint density at radius 1 is 0.957 bits per heavy atom. The lowest BCUT2D eigenvalue weighted by molar-refractivity contribution is 0.0599. The van der Waals surface area contributed by atoms with E-state index in [9.17, 15) is 9.90 Å². The van der Waals surface area contributed by atoms with E-state index in [2.05, 4.69) is 11.7 Å². The van der Waals surface area contributed by atoms with Crippen LogP contribution in [0.5, 0.6) is 11.5 Å². The van der Waals surface area contributed by atoms with Gasteiger partial charge >= 0.3 is 5.97 Å². The van der Waals surface area contributed by atoms with Gasteiger partial charge in [0.05, 0.1) is 19.3 Å². The lowest BCUT2D eigenvalue weighted by Crippen LogP contribution is -2.03. The second-order valence-corrected chi connectivity index (χ2v) is 5.88. The summed E-state index contributed by atoms with van der Waals surface area (Å²) in [5, 5.41) is 9.61. The molecule has 0 radical (unpaired) electrons. The minimum atomic E-state index is -0.478. The number of hydrogen-bond donors (Lipinski definition) is 1. The number of esters is 1. The average molecular weight is 322 g/mol. The maximum Gasteiger partial charge on any atom is 0.338 e. The van der Waals surface area contributed by atoms with E-state index in [0.29, 0.717) is 17.9 Å². The fourth-order valence-electron chi connectivity index (χ4n) is 2.51. The summed E-state index contributed by atoms with van der Waals surface area (Å²) in [6.45, 7) is 2.83. The second-order valence-electron chi connectivity index (χ2n) is 5.88. The van der Waals surface area contributed by atoms with Crippen molar-refractivity contribution in [3.05, 3.63) is 23.8 Å². The molecule has 0 aliphatic carbocycles. The molecule has 0 aromatic heterocycles. The van der Waals surface area contributed by atoms with Crippen LogP contribution in [0.2, 0.25) is 0 Å². The van der Waals surface area contributed by atoms with Gasteiger partial charge in [0.15, 0.2) is 0 Å². The van der Waals surface area contributed by atoms with Gasteiger partial charge in [-0.05, 0) is 18.6 Å². The number of benzene rings is 1.